The molecule has 0 bridgehead atoms. The van der Waals surface area contributed by atoms with E-state index in [0.29, 0.717) is 25.1 Å². The predicted molar refractivity (Wildman–Crippen MR) is 93.5 cm³/mol. The van der Waals surface area contributed by atoms with Crippen LogP contribution in [0.3, 0.4) is 0 Å². The molecule has 0 saturated carbocycles. The second kappa shape index (κ2) is 9.42. The fourth-order valence-electron chi connectivity index (χ4n) is 2.37. The quantitative estimate of drug-likeness (QED) is 0.689. The molecular weight excluding hydrogens is 320 g/mol. The van der Waals surface area contributed by atoms with Crippen molar-refractivity contribution in [3.05, 3.63) is 59.9 Å². The zero-order valence-electron chi connectivity index (χ0n) is 14.5. The van der Waals surface area contributed by atoms with Gasteiger partial charge in [-0.3, -0.25) is 14.6 Å². The summed E-state index contributed by atoms with van der Waals surface area (Å²) in [5, 5.41) is 0. The summed E-state index contributed by atoms with van der Waals surface area (Å²) in [6, 6.07) is 11.1. The van der Waals surface area contributed by atoms with Gasteiger partial charge in [-0.15, -0.1) is 0 Å². The number of nitrogens with zero attached hydrogens (tertiary/aromatic N) is 2. The number of benzene rings is 1. The smallest absolute Gasteiger partial charge is 0.307 e. The molecule has 6 nitrogen and oxygen atoms in total. The van der Waals surface area contributed by atoms with Gasteiger partial charge in [0.25, 0.3) is 5.91 Å². The Morgan fingerprint density at radius 3 is 2.44 bits per heavy atom. The van der Waals surface area contributed by atoms with Crippen LogP contribution in [0.5, 0.6) is 5.75 Å². The minimum Gasteiger partial charge on any atom is -0.497 e. The van der Waals surface area contributed by atoms with Crippen molar-refractivity contribution in [3.63, 3.8) is 0 Å². The Hall–Kier alpha value is -2.89. The maximum atomic E-state index is 12.7. The van der Waals surface area contributed by atoms with Crippen molar-refractivity contribution >= 4 is 11.9 Å². The third-order valence-corrected chi connectivity index (χ3v) is 3.84. The van der Waals surface area contributed by atoms with E-state index in [-0.39, 0.29) is 18.3 Å². The molecule has 6 heteroatoms. The molecule has 0 spiro atoms. The molecule has 0 aliphatic carbocycles. The van der Waals surface area contributed by atoms with Gasteiger partial charge < -0.3 is 14.4 Å². The molecule has 0 aliphatic rings. The zero-order valence-corrected chi connectivity index (χ0v) is 14.5. The van der Waals surface area contributed by atoms with E-state index in [1.807, 2.05) is 24.3 Å². The SMILES string of the molecule is COC(=O)CCN(CCc1ccc(OC)cc1)C(=O)c1cccnc1. The topological polar surface area (TPSA) is 68.7 Å². The minimum atomic E-state index is -0.339. The summed E-state index contributed by atoms with van der Waals surface area (Å²) in [4.78, 5) is 29.7. The maximum Gasteiger partial charge on any atom is 0.307 e. The number of aromatic nitrogens is 1. The standard InChI is InChI=1S/C19H22N2O4/c1-24-17-7-5-15(6-8-17)9-12-21(13-10-18(22)25-2)19(23)16-4-3-11-20-14-16/h3-8,11,14H,9-10,12-13H2,1-2H3. The number of esters is 1. The first-order valence-electron chi connectivity index (χ1n) is 8.03. The van der Waals surface area contributed by atoms with Crippen molar-refractivity contribution in [2.24, 2.45) is 0 Å². The third-order valence-electron chi connectivity index (χ3n) is 3.84. The van der Waals surface area contributed by atoms with E-state index in [4.69, 9.17) is 4.74 Å². The van der Waals surface area contributed by atoms with E-state index < -0.39 is 0 Å². The van der Waals surface area contributed by atoms with Gasteiger partial charge in [0.15, 0.2) is 0 Å². The van der Waals surface area contributed by atoms with E-state index in [0.717, 1.165) is 11.3 Å². The number of ether oxygens (including phenoxy) is 2. The van der Waals surface area contributed by atoms with Crippen LogP contribution >= 0.6 is 0 Å². The zero-order chi connectivity index (χ0) is 18.1. The summed E-state index contributed by atoms with van der Waals surface area (Å²) in [6.45, 7) is 0.799. The van der Waals surface area contributed by atoms with Gasteiger partial charge in [-0.1, -0.05) is 12.1 Å². The van der Waals surface area contributed by atoms with Crippen molar-refractivity contribution in [3.8, 4) is 5.75 Å². The van der Waals surface area contributed by atoms with Crippen LogP contribution in [0.1, 0.15) is 22.3 Å². The van der Waals surface area contributed by atoms with E-state index in [2.05, 4.69) is 9.72 Å². The first-order valence-corrected chi connectivity index (χ1v) is 8.03. The Morgan fingerprint density at radius 2 is 1.84 bits per heavy atom. The summed E-state index contributed by atoms with van der Waals surface area (Å²) < 4.78 is 9.82. The molecule has 2 rings (SSSR count). The van der Waals surface area contributed by atoms with Gasteiger partial charge in [0, 0.05) is 25.5 Å². The second-order valence-corrected chi connectivity index (χ2v) is 5.46. The van der Waals surface area contributed by atoms with Crippen LogP contribution < -0.4 is 4.74 Å². The molecular formula is C19H22N2O4. The fraction of sp³-hybridized carbons (Fsp3) is 0.316. The highest BCUT2D eigenvalue weighted by atomic mass is 16.5. The highest BCUT2D eigenvalue weighted by Gasteiger charge is 2.17. The highest BCUT2D eigenvalue weighted by molar-refractivity contribution is 5.94. The lowest BCUT2D eigenvalue weighted by molar-refractivity contribution is -0.140. The van der Waals surface area contributed by atoms with Crippen molar-refractivity contribution in [1.82, 2.24) is 9.88 Å². The highest BCUT2D eigenvalue weighted by Crippen LogP contribution is 2.13. The third kappa shape index (κ3) is 5.60. The lowest BCUT2D eigenvalue weighted by Gasteiger charge is -2.22. The lowest BCUT2D eigenvalue weighted by atomic mass is 10.1. The molecule has 1 aromatic carbocycles. The number of rotatable bonds is 8. The predicted octanol–water partition coefficient (Wildman–Crippen LogP) is 2.34. The normalized spacial score (nSPS) is 10.2. The summed E-state index contributed by atoms with van der Waals surface area (Å²) in [5.41, 5.74) is 1.59. The molecule has 0 aliphatic heterocycles. The van der Waals surface area contributed by atoms with Crippen molar-refractivity contribution < 1.29 is 19.1 Å². The van der Waals surface area contributed by atoms with Crippen molar-refractivity contribution in [2.75, 3.05) is 27.3 Å². The summed E-state index contributed by atoms with van der Waals surface area (Å²) >= 11 is 0. The van der Waals surface area contributed by atoms with Gasteiger partial charge in [0.2, 0.25) is 0 Å². The van der Waals surface area contributed by atoms with Gasteiger partial charge in [0.05, 0.1) is 26.2 Å². The Balaban J connectivity index is 2.04. The Morgan fingerprint density at radius 1 is 1.08 bits per heavy atom. The van der Waals surface area contributed by atoms with Gasteiger partial charge in [-0.2, -0.15) is 0 Å². The van der Waals surface area contributed by atoms with Crippen LogP contribution in [0.2, 0.25) is 0 Å². The molecule has 0 atom stereocenters. The van der Waals surface area contributed by atoms with Crippen molar-refractivity contribution in [2.45, 2.75) is 12.8 Å². The average Bonchev–Trinajstić information content (AvgIpc) is 2.68. The molecule has 0 N–H and O–H groups in total. The molecule has 0 fully saturated rings. The molecule has 25 heavy (non-hydrogen) atoms. The number of pyridine rings is 1. The summed E-state index contributed by atoms with van der Waals surface area (Å²) in [5.74, 6) is 0.302. The van der Waals surface area contributed by atoms with Gasteiger partial charge in [0.1, 0.15) is 5.75 Å². The Bertz CT molecular complexity index is 686. The van der Waals surface area contributed by atoms with Gasteiger partial charge in [-0.25, -0.2) is 0 Å². The molecule has 1 amide bonds. The minimum absolute atomic E-state index is 0.148. The average molecular weight is 342 g/mol. The number of carbonyl (C=O) groups excluding carboxylic acids is 2. The van der Waals surface area contributed by atoms with Gasteiger partial charge in [-0.05, 0) is 36.2 Å². The maximum absolute atomic E-state index is 12.7. The van der Waals surface area contributed by atoms with Crippen LogP contribution in [0.15, 0.2) is 48.8 Å². The van der Waals surface area contributed by atoms with E-state index in [9.17, 15) is 9.59 Å². The number of hydrogen-bond acceptors (Lipinski definition) is 5. The number of hydrogen-bond donors (Lipinski definition) is 0. The molecule has 1 heterocycles. The fourth-order valence-corrected chi connectivity index (χ4v) is 2.37. The monoisotopic (exact) mass is 342 g/mol. The van der Waals surface area contributed by atoms with Gasteiger partial charge >= 0.3 is 5.97 Å². The van der Waals surface area contributed by atoms with E-state index in [1.165, 1.54) is 13.3 Å². The summed E-state index contributed by atoms with van der Waals surface area (Å²) in [7, 11) is 2.96. The molecule has 0 unspecified atom stereocenters. The molecule has 0 radical (unpaired) electrons. The summed E-state index contributed by atoms with van der Waals surface area (Å²) in [6.07, 6.45) is 3.98. The van der Waals surface area contributed by atoms with E-state index >= 15 is 0 Å². The molecule has 132 valence electrons. The van der Waals surface area contributed by atoms with E-state index in [1.54, 1.807) is 30.3 Å². The van der Waals surface area contributed by atoms with Crippen molar-refractivity contribution in [1.29, 1.82) is 0 Å². The first-order chi connectivity index (χ1) is 12.1. The molecule has 0 saturated heterocycles. The first kappa shape index (κ1) is 18.4. The second-order valence-electron chi connectivity index (χ2n) is 5.46. The van der Waals surface area contributed by atoms with Crippen LogP contribution in [-0.4, -0.2) is 49.1 Å². The largest absolute Gasteiger partial charge is 0.497 e. The Kier molecular flexibility index (Phi) is 6.95. The number of methoxy groups -OCH3 is 2. The number of carbonyl (C=O) groups is 2. The van der Waals surface area contributed by atoms with Crippen LogP contribution in [0.25, 0.3) is 0 Å². The molecule has 1 aromatic heterocycles. The van der Waals surface area contributed by atoms with Crippen LogP contribution in [0.4, 0.5) is 0 Å². The molecule has 2 aromatic rings. The Labute approximate surface area is 147 Å². The lowest BCUT2D eigenvalue weighted by Crippen LogP contribution is -2.35. The van der Waals surface area contributed by atoms with Crippen LogP contribution in [0, 0.1) is 0 Å². The number of amides is 1. The van der Waals surface area contributed by atoms with Crippen LogP contribution in [-0.2, 0) is 16.0 Å².